The predicted molar refractivity (Wildman–Crippen MR) is 122 cm³/mol. The van der Waals surface area contributed by atoms with Crippen LogP contribution in [0.25, 0.3) is 0 Å². The highest BCUT2D eigenvalue weighted by Crippen LogP contribution is 2.52. The molecule has 5 aliphatic rings. The molecule has 7 nitrogen and oxygen atoms in total. The van der Waals surface area contributed by atoms with Crippen LogP contribution >= 0.6 is 11.6 Å². The quantitative estimate of drug-likeness (QED) is 0.561. The Morgan fingerprint density at radius 3 is 2.73 bits per heavy atom. The molecule has 0 spiro atoms. The number of hydrogen-bond donors (Lipinski definition) is 3. The van der Waals surface area contributed by atoms with Gasteiger partial charge in [0.2, 0.25) is 5.91 Å². The Bertz CT molecular complexity index is 919. The third kappa shape index (κ3) is 4.70. The summed E-state index contributed by atoms with van der Waals surface area (Å²) < 4.78 is 18.9. The monoisotopic (exact) mass is 478 g/mol. The van der Waals surface area contributed by atoms with Gasteiger partial charge < -0.3 is 15.4 Å². The molecule has 4 saturated carbocycles. The van der Waals surface area contributed by atoms with Crippen LogP contribution in [-0.2, 0) is 9.59 Å². The van der Waals surface area contributed by atoms with Crippen molar-refractivity contribution in [1.82, 2.24) is 21.1 Å². The summed E-state index contributed by atoms with van der Waals surface area (Å²) in [5.74, 6) is 0.563. The average Bonchev–Trinajstić information content (AvgIpc) is 3.52. The van der Waals surface area contributed by atoms with E-state index in [4.69, 9.17) is 16.3 Å². The van der Waals surface area contributed by atoms with E-state index in [1.807, 2.05) is 12.1 Å². The number of carbonyl (C=O) groups excluding carboxylic acids is 2. The molecule has 3 unspecified atom stereocenters. The van der Waals surface area contributed by atoms with Crippen molar-refractivity contribution in [3.05, 3.63) is 29.0 Å². The molecule has 1 aliphatic heterocycles. The molecule has 0 aromatic heterocycles. The second-order valence-electron chi connectivity index (χ2n) is 10.3. The zero-order chi connectivity index (χ0) is 23.2. The topological polar surface area (TPSA) is 82.7 Å². The van der Waals surface area contributed by atoms with Crippen molar-refractivity contribution in [1.29, 1.82) is 0 Å². The molecular formula is C24H32ClFN4O3. The maximum atomic E-state index is 13.5. The molecule has 0 radical (unpaired) electrons. The number of benzene rings is 1. The van der Waals surface area contributed by atoms with E-state index < -0.39 is 5.82 Å². The van der Waals surface area contributed by atoms with Crippen LogP contribution in [0.5, 0.6) is 5.75 Å². The molecule has 1 heterocycles. The highest BCUT2D eigenvalue weighted by Gasteiger charge is 2.57. The molecule has 2 amide bonds. The zero-order valence-electron chi connectivity index (χ0n) is 18.9. The summed E-state index contributed by atoms with van der Waals surface area (Å²) in [6.07, 6.45) is 8.47. The number of ether oxygens (including phenoxy) is 1. The minimum Gasteiger partial charge on any atom is -0.484 e. The van der Waals surface area contributed by atoms with Crippen LogP contribution in [0.15, 0.2) is 18.2 Å². The molecule has 6 rings (SSSR count). The summed E-state index contributed by atoms with van der Waals surface area (Å²) in [6.45, 7) is -0.190. The largest absolute Gasteiger partial charge is 0.484 e. The van der Waals surface area contributed by atoms with Gasteiger partial charge in [-0.2, -0.15) is 0 Å². The lowest BCUT2D eigenvalue weighted by Crippen LogP contribution is -2.56. The maximum absolute atomic E-state index is 13.5. The molecule has 3 N–H and O–H groups in total. The lowest BCUT2D eigenvalue weighted by atomic mass is 9.76. The van der Waals surface area contributed by atoms with Gasteiger partial charge in [-0.25, -0.2) is 9.40 Å². The Morgan fingerprint density at radius 2 is 2.00 bits per heavy atom. The molecule has 4 aliphatic carbocycles. The van der Waals surface area contributed by atoms with Gasteiger partial charge in [0.05, 0.1) is 5.02 Å². The van der Waals surface area contributed by atoms with Gasteiger partial charge in [-0.15, -0.1) is 0 Å². The van der Waals surface area contributed by atoms with E-state index >= 15 is 0 Å². The third-order valence-corrected chi connectivity index (χ3v) is 8.37. The highest BCUT2D eigenvalue weighted by atomic mass is 35.5. The lowest BCUT2D eigenvalue weighted by molar-refractivity contribution is -0.128. The molecular weight excluding hydrogens is 447 g/mol. The van der Waals surface area contributed by atoms with E-state index in [-0.39, 0.29) is 46.8 Å². The molecule has 3 atom stereocenters. The highest BCUT2D eigenvalue weighted by molar-refractivity contribution is 6.30. The first-order valence-electron chi connectivity index (χ1n) is 12.0. The van der Waals surface area contributed by atoms with Gasteiger partial charge in [0, 0.05) is 30.7 Å². The Hall–Kier alpha value is -1.90. The average molecular weight is 479 g/mol. The Balaban J connectivity index is 1.09. The second kappa shape index (κ2) is 9.04. The van der Waals surface area contributed by atoms with Gasteiger partial charge in [0.25, 0.3) is 5.91 Å². The van der Waals surface area contributed by atoms with Crippen LogP contribution in [0.1, 0.15) is 51.4 Å². The summed E-state index contributed by atoms with van der Waals surface area (Å²) in [7, 11) is 1.96. The van der Waals surface area contributed by atoms with Gasteiger partial charge in [-0.05, 0) is 62.5 Å². The van der Waals surface area contributed by atoms with Crippen molar-refractivity contribution >= 4 is 23.4 Å². The molecule has 1 aromatic rings. The van der Waals surface area contributed by atoms with E-state index in [1.165, 1.54) is 43.9 Å². The Labute approximate surface area is 198 Å². The van der Waals surface area contributed by atoms with Gasteiger partial charge in [-0.3, -0.25) is 15.0 Å². The molecule has 1 aromatic carbocycles. The molecule has 2 bridgehead atoms. The zero-order valence-corrected chi connectivity index (χ0v) is 19.7. The Morgan fingerprint density at radius 1 is 1.24 bits per heavy atom. The standard InChI is InChI=1S/C24H32ClFN4O3/c1-30-21(9-19(29-30)14-4-2-3-5-14)23(32)28-24-10-15(11-24)20(12-24)27-22(31)13-33-16-6-7-17(25)18(26)8-16/h6-8,14-15,19-21,29H,2-5,9-13H2,1H3,(H,27,31)(H,28,32). The van der Waals surface area contributed by atoms with Gasteiger partial charge >= 0.3 is 0 Å². The molecule has 9 heteroatoms. The van der Waals surface area contributed by atoms with Gasteiger partial charge in [0.15, 0.2) is 6.61 Å². The van der Waals surface area contributed by atoms with Crippen LogP contribution in [0.2, 0.25) is 5.02 Å². The molecule has 33 heavy (non-hydrogen) atoms. The first-order valence-corrected chi connectivity index (χ1v) is 12.4. The van der Waals surface area contributed by atoms with Gasteiger partial charge in [-0.1, -0.05) is 24.4 Å². The van der Waals surface area contributed by atoms with Crippen LogP contribution in [0, 0.1) is 17.7 Å². The minimum atomic E-state index is -0.582. The second-order valence-corrected chi connectivity index (χ2v) is 10.7. The number of halogens is 2. The van der Waals surface area contributed by atoms with Crippen molar-refractivity contribution in [2.75, 3.05) is 13.7 Å². The summed E-state index contributed by atoms with van der Waals surface area (Å²) in [5.41, 5.74) is 3.30. The van der Waals surface area contributed by atoms with Crippen molar-refractivity contribution < 1.29 is 18.7 Å². The number of nitrogens with one attached hydrogen (secondary N) is 3. The van der Waals surface area contributed by atoms with Crippen molar-refractivity contribution in [2.45, 2.75) is 75.0 Å². The van der Waals surface area contributed by atoms with Crippen molar-refractivity contribution in [2.24, 2.45) is 11.8 Å². The number of nitrogens with zero attached hydrogens (tertiary/aromatic N) is 1. The minimum absolute atomic E-state index is 0.0125. The smallest absolute Gasteiger partial charge is 0.258 e. The van der Waals surface area contributed by atoms with Crippen LogP contribution in [-0.4, -0.2) is 54.1 Å². The maximum Gasteiger partial charge on any atom is 0.258 e. The third-order valence-electron chi connectivity index (χ3n) is 8.07. The summed E-state index contributed by atoms with van der Waals surface area (Å²) in [4.78, 5) is 25.5. The van der Waals surface area contributed by atoms with E-state index in [2.05, 4.69) is 16.1 Å². The molecule has 5 fully saturated rings. The normalized spacial score (nSPS) is 33.7. The summed E-state index contributed by atoms with van der Waals surface area (Å²) in [5, 5.41) is 8.34. The van der Waals surface area contributed by atoms with E-state index in [0.29, 0.717) is 17.9 Å². The number of carbonyl (C=O) groups is 2. The fourth-order valence-electron chi connectivity index (χ4n) is 6.36. The first-order chi connectivity index (χ1) is 15.8. The molecule has 180 valence electrons. The fourth-order valence-corrected chi connectivity index (χ4v) is 6.47. The number of hydrogen-bond acceptors (Lipinski definition) is 5. The van der Waals surface area contributed by atoms with E-state index in [0.717, 1.165) is 25.7 Å². The Kier molecular flexibility index (Phi) is 6.27. The summed E-state index contributed by atoms with van der Waals surface area (Å²) in [6, 6.07) is 4.36. The van der Waals surface area contributed by atoms with E-state index in [1.54, 1.807) is 0 Å². The number of likely N-dealkylation sites (N-methyl/N-ethyl adjacent to an activating group) is 1. The fraction of sp³-hybridized carbons (Fsp3) is 0.667. The van der Waals surface area contributed by atoms with E-state index in [9.17, 15) is 14.0 Å². The summed E-state index contributed by atoms with van der Waals surface area (Å²) >= 11 is 5.67. The van der Waals surface area contributed by atoms with Crippen LogP contribution < -0.4 is 20.8 Å². The lowest BCUT2D eigenvalue weighted by Gasteiger charge is -2.40. The first kappa shape index (κ1) is 22.9. The number of rotatable bonds is 7. The number of fused-ring (bicyclic) bond motifs is 1. The van der Waals surface area contributed by atoms with Gasteiger partial charge in [0.1, 0.15) is 17.6 Å². The van der Waals surface area contributed by atoms with Crippen LogP contribution in [0.3, 0.4) is 0 Å². The predicted octanol–water partition coefficient (Wildman–Crippen LogP) is 2.78. The SMILES string of the molecule is CN1NC(C2CCCC2)CC1C(=O)NC12CC(C1)C(NC(=O)COc1ccc(Cl)c(F)c1)C2. The number of hydrazine groups is 1. The van der Waals surface area contributed by atoms with Crippen molar-refractivity contribution in [3.8, 4) is 5.75 Å². The van der Waals surface area contributed by atoms with Crippen molar-refractivity contribution in [3.63, 3.8) is 0 Å². The number of amides is 2. The van der Waals surface area contributed by atoms with Crippen LogP contribution in [0.4, 0.5) is 4.39 Å². The molecule has 1 saturated heterocycles.